The predicted octanol–water partition coefficient (Wildman–Crippen LogP) is 3.67. The number of amides is 1. The Morgan fingerprint density at radius 1 is 1.10 bits per heavy atom. The van der Waals surface area contributed by atoms with E-state index in [2.05, 4.69) is 18.2 Å². The van der Waals surface area contributed by atoms with Crippen LogP contribution in [-0.2, 0) is 27.3 Å². The zero-order chi connectivity index (χ0) is 21.5. The molecule has 4 rings (SSSR count). The molecule has 2 atom stereocenters. The highest BCUT2D eigenvalue weighted by Gasteiger charge is 2.42. The minimum Gasteiger partial charge on any atom is -0.458 e. The molecule has 1 aliphatic heterocycles. The molecule has 1 N–H and O–H groups in total. The zero-order valence-electron chi connectivity index (χ0n) is 17.6. The van der Waals surface area contributed by atoms with Crippen LogP contribution in [0.25, 0.3) is 11.1 Å². The van der Waals surface area contributed by atoms with Crippen LogP contribution < -0.4 is 0 Å². The van der Waals surface area contributed by atoms with E-state index in [1.807, 2.05) is 24.3 Å². The fourth-order valence-electron chi connectivity index (χ4n) is 4.19. The number of nitrogens with zero attached hydrogens (tertiary/aromatic N) is 1. The molecule has 2 aromatic carbocycles. The molecular formula is C24H27NO5. The Kier molecular flexibility index (Phi) is 5.28. The summed E-state index contributed by atoms with van der Waals surface area (Å²) in [5.74, 6) is -0.521. The van der Waals surface area contributed by atoms with Crippen LogP contribution in [0.1, 0.15) is 43.9 Å². The lowest BCUT2D eigenvalue weighted by Crippen LogP contribution is -2.43. The first-order valence-corrected chi connectivity index (χ1v) is 10.3. The quantitative estimate of drug-likeness (QED) is 0.668. The molecule has 30 heavy (non-hydrogen) atoms. The molecule has 6 nitrogen and oxygen atoms in total. The van der Waals surface area contributed by atoms with Gasteiger partial charge in [-0.2, -0.15) is 0 Å². The van der Waals surface area contributed by atoms with Crippen LogP contribution in [0.15, 0.2) is 42.5 Å². The molecule has 0 unspecified atom stereocenters. The van der Waals surface area contributed by atoms with Crippen LogP contribution in [0.4, 0.5) is 4.79 Å². The Hall–Kier alpha value is -2.86. The summed E-state index contributed by atoms with van der Waals surface area (Å²) in [5, 5.41) is 10.0. The van der Waals surface area contributed by atoms with Crippen LogP contribution in [0.2, 0.25) is 0 Å². The van der Waals surface area contributed by atoms with Gasteiger partial charge in [-0.05, 0) is 55.0 Å². The number of hydrogen-bond acceptors (Lipinski definition) is 5. The van der Waals surface area contributed by atoms with Gasteiger partial charge in [-0.15, -0.1) is 0 Å². The second kappa shape index (κ2) is 7.76. The highest BCUT2D eigenvalue weighted by atomic mass is 16.6. The number of benzene rings is 2. The third kappa shape index (κ3) is 4.05. The summed E-state index contributed by atoms with van der Waals surface area (Å²) in [6.07, 6.45) is -0.427. The average Bonchev–Trinajstić information content (AvgIpc) is 3.26. The highest BCUT2D eigenvalue weighted by Crippen LogP contribution is 2.38. The lowest BCUT2D eigenvalue weighted by molar-refractivity contribution is -0.159. The van der Waals surface area contributed by atoms with Gasteiger partial charge >= 0.3 is 12.1 Å². The molecule has 6 heteroatoms. The van der Waals surface area contributed by atoms with Crippen molar-refractivity contribution in [2.24, 2.45) is 0 Å². The van der Waals surface area contributed by atoms with Gasteiger partial charge in [0.2, 0.25) is 0 Å². The topological polar surface area (TPSA) is 76.1 Å². The first kappa shape index (κ1) is 20.4. The van der Waals surface area contributed by atoms with Crippen molar-refractivity contribution in [3.8, 4) is 11.1 Å². The maximum atomic E-state index is 12.7. The van der Waals surface area contributed by atoms with E-state index in [9.17, 15) is 14.7 Å². The second-order valence-corrected chi connectivity index (χ2v) is 8.92. The number of esters is 1. The van der Waals surface area contributed by atoms with Crippen LogP contribution in [0.5, 0.6) is 0 Å². The molecule has 0 saturated carbocycles. The summed E-state index contributed by atoms with van der Waals surface area (Å²) < 4.78 is 11.0. The molecule has 2 aliphatic rings. The number of ether oxygens (including phenoxy) is 2. The molecule has 2 aromatic rings. The number of carbonyl (C=O) groups is 2. The van der Waals surface area contributed by atoms with Crippen LogP contribution in [-0.4, -0.2) is 46.4 Å². The number of likely N-dealkylation sites (tertiary alicyclic amines) is 1. The van der Waals surface area contributed by atoms with Crippen LogP contribution in [0, 0.1) is 0 Å². The number of aliphatic hydroxyl groups excluding tert-OH is 1. The molecule has 1 fully saturated rings. The number of β-amino-alcohol motifs (C(OH)–C–C–N with tert-alkyl or cyclic N) is 1. The van der Waals surface area contributed by atoms with Crippen molar-refractivity contribution in [1.82, 2.24) is 4.90 Å². The van der Waals surface area contributed by atoms with E-state index in [-0.39, 0.29) is 19.6 Å². The Bertz CT molecular complexity index is 978. The van der Waals surface area contributed by atoms with Crippen molar-refractivity contribution < 1.29 is 24.2 Å². The number of hydrogen-bond donors (Lipinski definition) is 1. The van der Waals surface area contributed by atoms with Crippen molar-refractivity contribution in [2.75, 3.05) is 6.54 Å². The monoisotopic (exact) mass is 409 g/mol. The summed E-state index contributed by atoms with van der Waals surface area (Å²) in [5.41, 5.74) is 5.09. The van der Waals surface area contributed by atoms with Crippen molar-refractivity contribution in [3.05, 3.63) is 59.2 Å². The van der Waals surface area contributed by atoms with Crippen LogP contribution >= 0.6 is 0 Å². The maximum Gasteiger partial charge on any atom is 0.410 e. The molecule has 0 spiro atoms. The van der Waals surface area contributed by atoms with E-state index in [1.165, 1.54) is 21.6 Å². The van der Waals surface area contributed by atoms with Gasteiger partial charge in [0.05, 0.1) is 12.6 Å². The van der Waals surface area contributed by atoms with Crippen molar-refractivity contribution in [3.63, 3.8) is 0 Å². The summed E-state index contributed by atoms with van der Waals surface area (Å²) in [4.78, 5) is 26.5. The Morgan fingerprint density at radius 2 is 1.83 bits per heavy atom. The Labute approximate surface area is 176 Å². The van der Waals surface area contributed by atoms with Crippen molar-refractivity contribution >= 4 is 12.1 Å². The first-order chi connectivity index (χ1) is 14.2. The summed E-state index contributed by atoms with van der Waals surface area (Å²) in [6, 6.07) is 13.4. The molecule has 0 aromatic heterocycles. The molecular weight excluding hydrogens is 382 g/mol. The molecule has 1 amide bonds. The average molecular weight is 409 g/mol. The third-order valence-corrected chi connectivity index (χ3v) is 5.49. The number of fused-ring (bicyclic) bond motifs is 3. The van der Waals surface area contributed by atoms with Gasteiger partial charge < -0.3 is 14.6 Å². The summed E-state index contributed by atoms with van der Waals surface area (Å²) in [6.45, 7) is 5.48. The van der Waals surface area contributed by atoms with Crippen LogP contribution in [0.3, 0.4) is 0 Å². The fraction of sp³-hybridized carbons (Fsp3) is 0.417. The zero-order valence-corrected chi connectivity index (χ0v) is 17.6. The van der Waals surface area contributed by atoms with Gasteiger partial charge in [-0.25, -0.2) is 9.59 Å². The fourth-order valence-corrected chi connectivity index (χ4v) is 4.19. The first-order valence-electron chi connectivity index (χ1n) is 10.3. The van der Waals surface area contributed by atoms with Gasteiger partial charge in [0.1, 0.15) is 18.2 Å². The van der Waals surface area contributed by atoms with E-state index in [0.717, 1.165) is 17.5 Å². The minimum atomic E-state index is -0.836. The van der Waals surface area contributed by atoms with E-state index < -0.39 is 29.8 Å². The molecule has 0 bridgehead atoms. The number of aliphatic hydroxyl groups is 1. The predicted molar refractivity (Wildman–Crippen MR) is 112 cm³/mol. The number of rotatable bonds is 3. The SMILES string of the molecule is CC(C)(C)OC(=O)[C@@H]1C[C@@H](O)CN1C(=O)OCc1cccc2c1Cc1ccccc1-2. The summed E-state index contributed by atoms with van der Waals surface area (Å²) in [7, 11) is 0. The van der Waals surface area contributed by atoms with Gasteiger partial charge in [0.15, 0.2) is 0 Å². The summed E-state index contributed by atoms with van der Waals surface area (Å²) >= 11 is 0. The molecule has 1 saturated heterocycles. The van der Waals surface area contributed by atoms with Gasteiger partial charge in [0, 0.05) is 6.42 Å². The second-order valence-electron chi connectivity index (χ2n) is 8.92. The Morgan fingerprint density at radius 3 is 2.60 bits per heavy atom. The largest absolute Gasteiger partial charge is 0.458 e. The maximum absolute atomic E-state index is 12.7. The van der Waals surface area contributed by atoms with E-state index >= 15 is 0 Å². The van der Waals surface area contributed by atoms with Gasteiger partial charge in [0.25, 0.3) is 0 Å². The smallest absolute Gasteiger partial charge is 0.410 e. The van der Waals surface area contributed by atoms with E-state index in [1.54, 1.807) is 20.8 Å². The molecule has 0 radical (unpaired) electrons. The minimum absolute atomic E-state index is 0.0566. The Balaban J connectivity index is 1.46. The van der Waals surface area contributed by atoms with Crippen molar-refractivity contribution in [1.29, 1.82) is 0 Å². The van der Waals surface area contributed by atoms with Gasteiger partial charge in [-0.3, -0.25) is 4.90 Å². The lowest BCUT2D eigenvalue weighted by atomic mass is 10.0. The molecule has 158 valence electrons. The standard InChI is InChI=1S/C24H27NO5/c1-24(2,3)30-22(27)21-12-17(26)13-25(21)23(28)29-14-16-8-6-10-19-18-9-5-4-7-15(18)11-20(16)19/h4-10,17,21,26H,11-14H2,1-3H3/t17-,21+/m1/s1. The normalized spacial score (nSPS) is 19.9. The van der Waals surface area contributed by atoms with E-state index in [0.29, 0.717) is 0 Å². The van der Waals surface area contributed by atoms with Crippen molar-refractivity contribution in [2.45, 2.75) is 58.0 Å². The third-order valence-electron chi connectivity index (χ3n) is 5.49. The lowest BCUT2D eigenvalue weighted by Gasteiger charge is -2.26. The highest BCUT2D eigenvalue weighted by molar-refractivity contribution is 5.83. The van der Waals surface area contributed by atoms with Gasteiger partial charge in [-0.1, -0.05) is 42.5 Å². The molecule has 1 aliphatic carbocycles. The molecule has 1 heterocycles. The number of carbonyl (C=O) groups excluding carboxylic acids is 2. The van der Waals surface area contributed by atoms with E-state index in [4.69, 9.17) is 9.47 Å².